The fourth-order valence-corrected chi connectivity index (χ4v) is 3.35. The summed E-state index contributed by atoms with van der Waals surface area (Å²) in [5.41, 5.74) is 6.82. The molecular weight excluding hydrogens is 313 g/mol. The number of thioether (sulfide) groups is 1. The topological polar surface area (TPSA) is 50.9 Å². The van der Waals surface area contributed by atoms with Gasteiger partial charge in [-0.3, -0.25) is 0 Å². The van der Waals surface area contributed by atoms with Crippen molar-refractivity contribution in [2.45, 2.75) is 10.9 Å². The Labute approximate surface area is 132 Å². The van der Waals surface area contributed by atoms with E-state index in [1.54, 1.807) is 18.0 Å². The van der Waals surface area contributed by atoms with Crippen LogP contribution in [0, 0.1) is 0 Å². The number of aromatic nitrogens is 1. The van der Waals surface area contributed by atoms with Crippen molar-refractivity contribution in [2.24, 2.45) is 0 Å². The van der Waals surface area contributed by atoms with Gasteiger partial charge in [0.25, 0.3) is 0 Å². The largest absolute Gasteiger partial charge is 0.383 e. The Kier molecular flexibility index (Phi) is 5.54. The molecule has 0 aliphatic rings. The number of anilines is 1. The van der Waals surface area contributed by atoms with E-state index in [-0.39, 0.29) is 6.04 Å². The van der Waals surface area contributed by atoms with Crippen molar-refractivity contribution in [1.82, 2.24) is 10.3 Å². The smallest absolute Gasteiger partial charge is 0.128 e. The molecule has 1 aromatic carbocycles. The van der Waals surface area contributed by atoms with Crippen LogP contribution in [0.4, 0.5) is 5.82 Å². The molecule has 0 aliphatic heterocycles. The van der Waals surface area contributed by atoms with Crippen molar-refractivity contribution in [3.63, 3.8) is 0 Å². The molecule has 1 aromatic heterocycles. The monoisotopic (exact) mass is 327 g/mol. The number of nitrogens with zero attached hydrogens (tertiary/aromatic N) is 1. The molecule has 0 saturated heterocycles. The SMILES string of the molecule is CNC(CSc1ccccc1Cl)c1cc(Cl)cnc1N. The zero-order valence-corrected chi connectivity index (χ0v) is 13.3. The number of pyridine rings is 1. The number of nitrogen functional groups attached to an aromatic ring is 1. The maximum atomic E-state index is 6.15. The molecule has 2 aromatic rings. The van der Waals surface area contributed by atoms with E-state index < -0.39 is 0 Å². The van der Waals surface area contributed by atoms with Crippen molar-refractivity contribution in [3.05, 3.63) is 52.1 Å². The summed E-state index contributed by atoms with van der Waals surface area (Å²) in [4.78, 5) is 5.13. The summed E-state index contributed by atoms with van der Waals surface area (Å²) in [6.45, 7) is 0. The lowest BCUT2D eigenvalue weighted by Crippen LogP contribution is -2.20. The van der Waals surface area contributed by atoms with Crippen LogP contribution in [0.25, 0.3) is 0 Å². The molecule has 1 unspecified atom stereocenters. The minimum absolute atomic E-state index is 0.0578. The first kappa shape index (κ1) is 15.4. The molecule has 0 aliphatic carbocycles. The lowest BCUT2D eigenvalue weighted by atomic mass is 10.1. The summed E-state index contributed by atoms with van der Waals surface area (Å²) < 4.78 is 0. The zero-order valence-electron chi connectivity index (χ0n) is 10.9. The molecule has 0 radical (unpaired) electrons. The van der Waals surface area contributed by atoms with Gasteiger partial charge in [-0.05, 0) is 25.2 Å². The Bertz CT molecular complexity index is 592. The van der Waals surface area contributed by atoms with Gasteiger partial charge in [-0.1, -0.05) is 35.3 Å². The van der Waals surface area contributed by atoms with E-state index >= 15 is 0 Å². The van der Waals surface area contributed by atoms with Crippen LogP contribution in [0.3, 0.4) is 0 Å². The van der Waals surface area contributed by atoms with Crippen molar-refractivity contribution in [1.29, 1.82) is 0 Å². The van der Waals surface area contributed by atoms with E-state index in [0.29, 0.717) is 10.8 Å². The average Bonchev–Trinajstić information content (AvgIpc) is 2.45. The van der Waals surface area contributed by atoms with Gasteiger partial charge in [-0.15, -0.1) is 11.8 Å². The number of hydrogen-bond donors (Lipinski definition) is 2. The molecule has 2 rings (SSSR count). The highest BCUT2D eigenvalue weighted by Crippen LogP contribution is 2.31. The highest BCUT2D eigenvalue weighted by Gasteiger charge is 2.15. The fourth-order valence-electron chi connectivity index (χ4n) is 1.81. The van der Waals surface area contributed by atoms with Gasteiger partial charge in [0.05, 0.1) is 10.0 Å². The van der Waals surface area contributed by atoms with Crippen molar-refractivity contribution < 1.29 is 0 Å². The number of hydrogen-bond acceptors (Lipinski definition) is 4. The predicted octanol–water partition coefficient (Wildman–Crippen LogP) is 4.02. The minimum Gasteiger partial charge on any atom is -0.383 e. The van der Waals surface area contributed by atoms with Gasteiger partial charge in [-0.2, -0.15) is 0 Å². The lowest BCUT2D eigenvalue weighted by molar-refractivity contribution is 0.661. The molecule has 6 heteroatoms. The van der Waals surface area contributed by atoms with Gasteiger partial charge in [0.2, 0.25) is 0 Å². The first-order valence-corrected chi connectivity index (χ1v) is 7.81. The summed E-state index contributed by atoms with van der Waals surface area (Å²) in [6, 6.07) is 9.67. The van der Waals surface area contributed by atoms with Crippen molar-refractivity contribution in [2.75, 3.05) is 18.5 Å². The van der Waals surface area contributed by atoms with Crippen LogP contribution in [0.5, 0.6) is 0 Å². The molecule has 1 heterocycles. The van der Waals surface area contributed by atoms with E-state index in [4.69, 9.17) is 28.9 Å². The number of rotatable bonds is 5. The average molecular weight is 328 g/mol. The van der Waals surface area contributed by atoms with Gasteiger partial charge in [0.15, 0.2) is 0 Å². The Morgan fingerprint density at radius 3 is 2.80 bits per heavy atom. The Hall–Kier alpha value is -0.940. The summed E-state index contributed by atoms with van der Waals surface area (Å²) >= 11 is 13.8. The predicted molar refractivity (Wildman–Crippen MR) is 87.6 cm³/mol. The van der Waals surface area contributed by atoms with Crippen molar-refractivity contribution >= 4 is 40.8 Å². The molecule has 0 spiro atoms. The maximum absolute atomic E-state index is 6.15. The molecule has 0 amide bonds. The van der Waals surface area contributed by atoms with E-state index in [1.165, 1.54) is 0 Å². The standard InChI is InChI=1S/C14H15Cl2N3S/c1-18-12(10-6-9(15)7-19-14(10)17)8-20-13-5-3-2-4-11(13)16/h2-7,12,18H,8H2,1H3,(H2,17,19). The van der Waals surface area contributed by atoms with Crippen LogP contribution >= 0.6 is 35.0 Å². The van der Waals surface area contributed by atoms with Crippen LogP contribution in [0.2, 0.25) is 10.0 Å². The van der Waals surface area contributed by atoms with Crippen molar-refractivity contribution in [3.8, 4) is 0 Å². The van der Waals surface area contributed by atoms with Gasteiger partial charge >= 0.3 is 0 Å². The third-order valence-corrected chi connectivity index (χ3v) is 4.70. The number of benzene rings is 1. The first-order valence-electron chi connectivity index (χ1n) is 6.07. The molecular formula is C14H15Cl2N3S. The summed E-state index contributed by atoms with van der Waals surface area (Å²) in [7, 11) is 1.89. The highest BCUT2D eigenvalue weighted by molar-refractivity contribution is 7.99. The molecule has 3 N–H and O–H groups in total. The summed E-state index contributed by atoms with van der Waals surface area (Å²) in [6.07, 6.45) is 1.55. The molecule has 106 valence electrons. The Morgan fingerprint density at radius 2 is 2.10 bits per heavy atom. The van der Waals surface area contributed by atoms with Gasteiger partial charge < -0.3 is 11.1 Å². The molecule has 0 bridgehead atoms. The fraction of sp³-hybridized carbons (Fsp3) is 0.214. The second-order valence-electron chi connectivity index (χ2n) is 4.21. The van der Waals surface area contributed by atoms with E-state index in [1.807, 2.05) is 37.4 Å². The molecule has 0 fully saturated rings. The highest BCUT2D eigenvalue weighted by atomic mass is 35.5. The van der Waals surface area contributed by atoms with E-state index in [0.717, 1.165) is 21.2 Å². The third kappa shape index (κ3) is 3.79. The maximum Gasteiger partial charge on any atom is 0.128 e. The number of halogens is 2. The first-order chi connectivity index (χ1) is 9.61. The molecule has 3 nitrogen and oxygen atoms in total. The molecule has 1 atom stereocenters. The summed E-state index contributed by atoms with van der Waals surface area (Å²) in [5.74, 6) is 1.28. The zero-order chi connectivity index (χ0) is 14.5. The van der Waals surface area contributed by atoms with Gasteiger partial charge in [0, 0.05) is 28.5 Å². The second kappa shape index (κ2) is 7.18. The van der Waals surface area contributed by atoms with Gasteiger partial charge in [0.1, 0.15) is 5.82 Å². The van der Waals surface area contributed by atoms with Crippen LogP contribution in [-0.4, -0.2) is 17.8 Å². The number of nitrogens with one attached hydrogen (secondary N) is 1. The molecule has 0 saturated carbocycles. The van der Waals surface area contributed by atoms with Gasteiger partial charge in [-0.25, -0.2) is 4.98 Å². The van der Waals surface area contributed by atoms with E-state index in [2.05, 4.69) is 10.3 Å². The normalized spacial score (nSPS) is 12.3. The van der Waals surface area contributed by atoms with Crippen LogP contribution < -0.4 is 11.1 Å². The number of nitrogens with two attached hydrogens (primary N) is 1. The Morgan fingerprint density at radius 1 is 1.35 bits per heavy atom. The molecule has 20 heavy (non-hydrogen) atoms. The third-order valence-electron chi connectivity index (χ3n) is 2.88. The van der Waals surface area contributed by atoms with Crippen LogP contribution in [-0.2, 0) is 0 Å². The van der Waals surface area contributed by atoms with Crippen LogP contribution in [0.15, 0.2) is 41.4 Å². The minimum atomic E-state index is 0.0578. The lowest BCUT2D eigenvalue weighted by Gasteiger charge is -2.18. The van der Waals surface area contributed by atoms with Crippen LogP contribution in [0.1, 0.15) is 11.6 Å². The summed E-state index contributed by atoms with van der Waals surface area (Å²) in [5, 5.41) is 4.57. The van der Waals surface area contributed by atoms with E-state index in [9.17, 15) is 0 Å². The Balaban J connectivity index is 2.13. The quantitative estimate of drug-likeness (QED) is 0.814. The second-order valence-corrected chi connectivity index (χ2v) is 6.12.